The molecule has 0 aliphatic heterocycles. The predicted octanol–water partition coefficient (Wildman–Crippen LogP) is 3.76. The monoisotopic (exact) mass is 289 g/mol. The lowest BCUT2D eigenvalue weighted by Gasteiger charge is -2.05. The van der Waals surface area contributed by atoms with Crippen LogP contribution in [0.3, 0.4) is 0 Å². The van der Waals surface area contributed by atoms with Crippen LogP contribution in [0.25, 0.3) is 10.9 Å². The molecule has 0 amide bonds. The van der Waals surface area contributed by atoms with Crippen LogP contribution in [0.5, 0.6) is 0 Å². The summed E-state index contributed by atoms with van der Waals surface area (Å²) in [6, 6.07) is 5.56. The van der Waals surface area contributed by atoms with E-state index in [1.54, 1.807) is 12.4 Å². The lowest BCUT2D eigenvalue weighted by molar-refractivity contribution is 0.506. The third kappa shape index (κ3) is 2.46. The zero-order valence-electron chi connectivity index (χ0n) is 10.5. The van der Waals surface area contributed by atoms with Crippen molar-refractivity contribution in [2.24, 2.45) is 0 Å². The Bertz CT molecular complexity index is 792. The minimum atomic E-state index is -0.880. The van der Waals surface area contributed by atoms with Crippen LogP contribution in [0.1, 0.15) is 5.69 Å². The lowest BCUT2D eigenvalue weighted by Crippen LogP contribution is -1.93. The molecule has 2 aromatic heterocycles. The van der Waals surface area contributed by atoms with Crippen molar-refractivity contribution in [1.29, 1.82) is 0 Å². The van der Waals surface area contributed by atoms with Gasteiger partial charge in [-0.1, -0.05) is 0 Å². The summed E-state index contributed by atoms with van der Waals surface area (Å²) in [5, 5.41) is 1.41. The van der Waals surface area contributed by atoms with E-state index in [0.29, 0.717) is 10.1 Å². The molecule has 2 heterocycles. The van der Waals surface area contributed by atoms with E-state index in [-0.39, 0.29) is 0 Å². The van der Waals surface area contributed by atoms with Crippen LogP contribution in [0.15, 0.2) is 46.7 Å². The summed E-state index contributed by atoms with van der Waals surface area (Å²) >= 11 is 1.18. The molecule has 0 spiro atoms. The fraction of sp³-hybridized carbons (Fsp3) is 0.0714. The Hall–Kier alpha value is -2.08. The Morgan fingerprint density at radius 1 is 1.05 bits per heavy atom. The zero-order chi connectivity index (χ0) is 14.1. The molecule has 3 rings (SSSR count). The second-order valence-corrected chi connectivity index (χ2v) is 5.20. The van der Waals surface area contributed by atoms with Crippen molar-refractivity contribution in [3.63, 3.8) is 0 Å². The highest BCUT2D eigenvalue weighted by molar-refractivity contribution is 7.99. The summed E-state index contributed by atoms with van der Waals surface area (Å²) in [6.45, 7) is 1.87. The lowest BCUT2D eigenvalue weighted by atomic mass is 10.2. The van der Waals surface area contributed by atoms with Crippen LogP contribution < -0.4 is 0 Å². The van der Waals surface area contributed by atoms with Gasteiger partial charge in [0, 0.05) is 22.2 Å². The van der Waals surface area contributed by atoms with Gasteiger partial charge in [-0.05, 0) is 43.0 Å². The van der Waals surface area contributed by atoms with Gasteiger partial charge in [-0.2, -0.15) is 0 Å². The number of hydrogen-bond acceptors (Lipinski definition) is 4. The van der Waals surface area contributed by atoms with Gasteiger partial charge in [-0.3, -0.25) is 4.98 Å². The molecule has 0 atom stereocenters. The number of fused-ring (bicyclic) bond motifs is 1. The summed E-state index contributed by atoms with van der Waals surface area (Å²) < 4.78 is 26.1. The van der Waals surface area contributed by atoms with Gasteiger partial charge in [0.15, 0.2) is 16.8 Å². The Labute approximate surface area is 118 Å². The number of pyridine rings is 1. The van der Waals surface area contributed by atoms with E-state index in [1.807, 2.05) is 13.0 Å². The highest BCUT2D eigenvalue weighted by Crippen LogP contribution is 2.27. The molecule has 0 bridgehead atoms. The van der Waals surface area contributed by atoms with E-state index in [0.717, 1.165) is 28.7 Å². The summed E-state index contributed by atoms with van der Waals surface area (Å²) in [7, 11) is 0. The number of nitrogens with zero attached hydrogens (tertiary/aromatic N) is 3. The summed E-state index contributed by atoms with van der Waals surface area (Å²) in [4.78, 5) is 13.3. The van der Waals surface area contributed by atoms with Gasteiger partial charge in [0.25, 0.3) is 0 Å². The number of aryl methyl sites for hydroxylation is 1. The van der Waals surface area contributed by atoms with Crippen molar-refractivity contribution in [3.05, 3.63) is 54.0 Å². The van der Waals surface area contributed by atoms with Crippen molar-refractivity contribution >= 4 is 22.7 Å². The molecule has 0 saturated carbocycles. The van der Waals surface area contributed by atoms with Crippen LogP contribution >= 0.6 is 11.8 Å². The number of aromatic nitrogens is 3. The maximum Gasteiger partial charge on any atom is 0.193 e. The second kappa shape index (κ2) is 5.13. The highest BCUT2D eigenvalue weighted by Gasteiger charge is 2.08. The molecular formula is C14H9F2N3S. The van der Waals surface area contributed by atoms with Crippen molar-refractivity contribution in [3.8, 4) is 0 Å². The molecule has 0 radical (unpaired) electrons. The summed E-state index contributed by atoms with van der Waals surface area (Å²) in [5.41, 5.74) is 1.55. The summed E-state index contributed by atoms with van der Waals surface area (Å²) in [6.07, 6.45) is 3.33. The number of rotatable bonds is 2. The molecule has 3 nitrogen and oxygen atoms in total. The number of benzene rings is 1. The molecule has 0 saturated heterocycles. The molecule has 1 aromatic carbocycles. The van der Waals surface area contributed by atoms with Gasteiger partial charge in [-0.15, -0.1) is 0 Å². The van der Waals surface area contributed by atoms with E-state index in [9.17, 15) is 8.78 Å². The maximum atomic E-state index is 13.2. The van der Waals surface area contributed by atoms with E-state index in [2.05, 4.69) is 15.0 Å². The third-order valence-electron chi connectivity index (χ3n) is 2.77. The van der Waals surface area contributed by atoms with Gasteiger partial charge in [0.2, 0.25) is 0 Å². The average Bonchev–Trinajstić information content (AvgIpc) is 2.43. The fourth-order valence-electron chi connectivity index (χ4n) is 1.80. The predicted molar refractivity (Wildman–Crippen MR) is 72.6 cm³/mol. The Kier molecular flexibility index (Phi) is 3.31. The Morgan fingerprint density at radius 3 is 2.70 bits per heavy atom. The first-order chi connectivity index (χ1) is 9.63. The van der Waals surface area contributed by atoms with Crippen molar-refractivity contribution in [2.75, 3.05) is 0 Å². The highest BCUT2D eigenvalue weighted by atomic mass is 32.2. The van der Waals surface area contributed by atoms with Crippen molar-refractivity contribution < 1.29 is 8.78 Å². The molecule has 3 aromatic rings. The third-order valence-corrected chi connectivity index (χ3v) is 3.62. The van der Waals surface area contributed by atoms with Crippen LogP contribution in [0.4, 0.5) is 8.78 Å². The Morgan fingerprint density at radius 2 is 1.90 bits per heavy atom. The van der Waals surface area contributed by atoms with Crippen molar-refractivity contribution in [1.82, 2.24) is 15.0 Å². The topological polar surface area (TPSA) is 38.7 Å². The first kappa shape index (κ1) is 12.9. The molecule has 0 aliphatic carbocycles. The van der Waals surface area contributed by atoms with E-state index >= 15 is 0 Å². The van der Waals surface area contributed by atoms with Gasteiger partial charge in [-0.25, -0.2) is 18.7 Å². The maximum absolute atomic E-state index is 13.2. The van der Waals surface area contributed by atoms with Crippen LogP contribution in [-0.2, 0) is 0 Å². The van der Waals surface area contributed by atoms with Crippen LogP contribution in [0, 0.1) is 18.6 Å². The SMILES string of the molecule is Cc1nc(Sc2ccc(F)c(F)c2)nc2cnccc12. The standard InChI is InChI=1S/C14H9F2N3S/c1-8-10-4-5-17-7-13(10)19-14(18-8)20-9-2-3-11(15)12(16)6-9/h2-7H,1H3. The number of halogens is 2. The smallest absolute Gasteiger partial charge is 0.193 e. The van der Waals surface area contributed by atoms with Crippen LogP contribution in [-0.4, -0.2) is 15.0 Å². The molecule has 0 N–H and O–H groups in total. The largest absolute Gasteiger partial charge is 0.262 e. The van der Waals surface area contributed by atoms with E-state index in [1.165, 1.54) is 17.8 Å². The fourth-order valence-corrected chi connectivity index (χ4v) is 2.64. The van der Waals surface area contributed by atoms with E-state index in [4.69, 9.17) is 0 Å². The minimum Gasteiger partial charge on any atom is -0.262 e. The molecule has 0 fully saturated rings. The molecule has 6 heteroatoms. The number of hydrogen-bond donors (Lipinski definition) is 0. The van der Waals surface area contributed by atoms with Gasteiger partial charge < -0.3 is 0 Å². The van der Waals surface area contributed by atoms with Crippen LogP contribution in [0.2, 0.25) is 0 Å². The molecule has 20 heavy (non-hydrogen) atoms. The van der Waals surface area contributed by atoms with Gasteiger partial charge in [0.05, 0.1) is 11.7 Å². The second-order valence-electron chi connectivity index (χ2n) is 4.16. The zero-order valence-corrected chi connectivity index (χ0v) is 11.3. The molecule has 0 unspecified atom stereocenters. The quantitative estimate of drug-likeness (QED) is 0.673. The first-order valence-electron chi connectivity index (χ1n) is 5.85. The Balaban J connectivity index is 2.00. The molecular weight excluding hydrogens is 280 g/mol. The van der Waals surface area contributed by atoms with Gasteiger partial charge in [0.1, 0.15) is 0 Å². The van der Waals surface area contributed by atoms with E-state index < -0.39 is 11.6 Å². The average molecular weight is 289 g/mol. The normalized spacial score (nSPS) is 10.9. The summed E-state index contributed by atoms with van der Waals surface area (Å²) in [5.74, 6) is -1.75. The van der Waals surface area contributed by atoms with Gasteiger partial charge >= 0.3 is 0 Å². The first-order valence-corrected chi connectivity index (χ1v) is 6.66. The van der Waals surface area contributed by atoms with Crippen molar-refractivity contribution in [2.45, 2.75) is 17.0 Å². The molecule has 100 valence electrons. The minimum absolute atomic E-state index is 0.481. The molecule has 0 aliphatic rings.